The average molecular weight is 317 g/mol. The van der Waals surface area contributed by atoms with Gasteiger partial charge in [-0.1, -0.05) is 25.3 Å². The Bertz CT molecular complexity index is 567. The quantitative estimate of drug-likeness (QED) is 0.271. The second-order valence-corrected chi connectivity index (χ2v) is 5.56. The first-order chi connectivity index (χ1) is 11.2. The molecule has 1 aromatic rings. The molecule has 2 rings (SSSR count). The summed E-state index contributed by atoms with van der Waals surface area (Å²) in [6.07, 6.45) is 6.92. The highest BCUT2D eigenvalue weighted by Gasteiger charge is 2.16. The predicted octanol–water partition coefficient (Wildman–Crippen LogP) is 0.988. The first-order valence-electron chi connectivity index (χ1n) is 7.85. The Kier molecular flexibility index (Phi) is 6.56. The fraction of sp³-hybridized carbons (Fsp3) is 0.438. The van der Waals surface area contributed by atoms with Crippen molar-refractivity contribution in [3.8, 4) is 0 Å². The first kappa shape index (κ1) is 17.0. The molecular weight excluding hydrogens is 294 g/mol. The van der Waals surface area contributed by atoms with Gasteiger partial charge in [0, 0.05) is 11.6 Å². The minimum absolute atomic E-state index is 0.0207. The maximum absolute atomic E-state index is 12.1. The van der Waals surface area contributed by atoms with Gasteiger partial charge in [0.25, 0.3) is 5.91 Å². The third kappa shape index (κ3) is 5.71. The second kappa shape index (κ2) is 8.89. The van der Waals surface area contributed by atoms with Crippen molar-refractivity contribution in [2.45, 2.75) is 38.1 Å². The van der Waals surface area contributed by atoms with Crippen LogP contribution >= 0.6 is 0 Å². The highest BCUT2D eigenvalue weighted by molar-refractivity contribution is 5.97. The van der Waals surface area contributed by atoms with Crippen LogP contribution in [0.2, 0.25) is 0 Å². The molecule has 7 nitrogen and oxygen atoms in total. The van der Waals surface area contributed by atoms with Crippen LogP contribution in [0.4, 0.5) is 5.69 Å². The third-order valence-corrected chi connectivity index (χ3v) is 3.78. The van der Waals surface area contributed by atoms with Crippen molar-refractivity contribution >= 4 is 23.8 Å². The van der Waals surface area contributed by atoms with Crippen LogP contribution in [-0.4, -0.2) is 30.7 Å². The van der Waals surface area contributed by atoms with Crippen molar-refractivity contribution in [1.29, 1.82) is 0 Å². The molecule has 1 saturated carbocycles. The minimum Gasteiger partial charge on any atom is -0.352 e. The SMILES string of the molecule is NNC=Nc1cccc(C(=O)NCC(=O)NC2CCCCC2)c1. The van der Waals surface area contributed by atoms with E-state index in [0.717, 1.165) is 25.7 Å². The van der Waals surface area contributed by atoms with E-state index in [4.69, 9.17) is 5.84 Å². The number of amides is 2. The molecule has 2 amide bonds. The summed E-state index contributed by atoms with van der Waals surface area (Å²) in [5.74, 6) is 4.66. The molecular formula is C16H23N5O2. The molecule has 0 aliphatic heterocycles. The third-order valence-electron chi connectivity index (χ3n) is 3.78. The van der Waals surface area contributed by atoms with Crippen LogP contribution in [0.3, 0.4) is 0 Å². The zero-order chi connectivity index (χ0) is 16.5. The Hall–Kier alpha value is -2.41. The standard InChI is InChI=1S/C16H23N5O2/c17-20-11-19-14-8-4-5-12(9-14)16(23)18-10-15(22)21-13-6-2-1-3-7-13/h4-5,8-9,11,13H,1-3,6-7,10,17H2,(H,18,23)(H,19,20)(H,21,22). The van der Waals surface area contributed by atoms with E-state index in [1.807, 2.05) is 0 Å². The predicted molar refractivity (Wildman–Crippen MR) is 89.3 cm³/mol. The van der Waals surface area contributed by atoms with Crippen LogP contribution in [0.5, 0.6) is 0 Å². The van der Waals surface area contributed by atoms with Gasteiger partial charge in [0.15, 0.2) is 0 Å². The number of rotatable bonds is 6. The highest BCUT2D eigenvalue weighted by Crippen LogP contribution is 2.17. The maximum Gasteiger partial charge on any atom is 0.251 e. The monoisotopic (exact) mass is 317 g/mol. The lowest BCUT2D eigenvalue weighted by atomic mass is 9.95. The Morgan fingerprint density at radius 2 is 2.04 bits per heavy atom. The van der Waals surface area contributed by atoms with Crippen LogP contribution < -0.4 is 21.9 Å². The van der Waals surface area contributed by atoms with Gasteiger partial charge in [-0.3, -0.25) is 9.59 Å². The molecule has 1 fully saturated rings. The second-order valence-electron chi connectivity index (χ2n) is 5.56. The molecule has 0 unspecified atom stereocenters. The largest absolute Gasteiger partial charge is 0.352 e. The zero-order valence-electron chi connectivity index (χ0n) is 13.0. The molecule has 0 aromatic heterocycles. The van der Waals surface area contributed by atoms with Crippen molar-refractivity contribution in [2.24, 2.45) is 10.8 Å². The molecule has 1 aromatic carbocycles. The molecule has 0 heterocycles. The number of hydrogen-bond donors (Lipinski definition) is 4. The van der Waals surface area contributed by atoms with E-state index in [1.54, 1.807) is 24.3 Å². The number of benzene rings is 1. The van der Waals surface area contributed by atoms with Gasteiger partial charge in [0.1, 0.15) is 6.34 Å². The fourth-order valence-electron chi connectivity index (χ4n) is 2.63. The molecule has 0 radical (unpaired) electrons. The van der Waals surface area contributed by atoms with E-state index in [2.05, 4.69) is 21.1 Å². The topological polar surface area (TPSA) is 109 Å². The van der Waals surface area contributed by atoms with Gasteiger partial charge in [0.2, 0.25) is 5.91 Å². The minimum atomic E-state index is -0.304. The number of aliphatic imine (C=N–C) groups is 1. The molecule has 124 valence electrons. The Morgan fingerprint density at radius 1 is 1.26 bits per heavy atom. The van der Waals surface area contributed by atoms with E-state index in [9.17, 15) is 9.59 Å². The van der Waals surface area contributed by atoms with E-state index in [1.165, 1.54) is 12.8 Å². The van der Waals surface area contributed by atoms with Crippen molar-refractivity contribution in [2.75, 3.05) is 6.54 Å². The summed E-state index contributed by atoms with van der Waals surface area (Å²) in [5, 5.41) is 5.59. The summed E-state index contributed by atoms with van der Waals surface area (Å²) in [5.41, 5.74) is 3.34. The Labute approximate surface area is 135 Å². The summed E-state index contributed by atoms with van der Waals surface area (Å²) in [4.78, 5) is 28.0. The van der Waals surface area contributed by atoms with Gasteiger partial charge in [-0.25, -0.2) is 10.8 Å². The Balaban J connectivity index is 1.81. The first-order valence-corrected chi connectivity index (χ1v) is 7.85. The smallest absolute Gasteiger partial charge is 0.251 e. The molecule has 1 aliphatic rings. The number of hydrogen-bond acceptors (Lipinski definition) is 4. The number of hydrazine groups is 1. The van der Waals surface area contributed by atoms with Gasteiger partial charge >= 0.3 is 0 Å². The van der Waals surface area contributed by atoms with E-state index >= 15 is 0 Å². The van der Waals surface area contributed by atoms with Crippen LogP contribution in [0.1, 0.15) is 42.5 Å². The summed E-state index contributed by atoms with van der Waals surface area (Å²) in [6.45, 7) is -0.0207. The van der Waals surface area contributed by atoms with Gasteiger partial charge in [0.05, 0.1) is 12.2 Å². The number of nitrogens with zero attached hydrogens (tertiary/aromatic N) is 1. The lowest BCUT2D eigenvalue weighted by Gasteiger charge is -2.22. The number of carbonyl (C=O) groups excluding carboxylic acids is 2. The number of nitrogens with two attached hydrogens (primary N) is 1. The molecule has 0 saturated heterocycles. The van der Waals surface area contributed by atoms with Crippen molar-refractivity contribution < 1.29 is 9.59 Å². The zero-order valence-corrected chi connectivity index (χ0v) is 13.0. The molecule has 0 atom stereocenters. The van der Waals surface area contributed by atoms with Crippen LogP contribution in [0.25, 0.3) is 0 Å². The van der Waals surface area contributed by atoms with Gasteiger partial charge in [-0.15, -0.1) is 0 Å². The van der Waals surface area contributed by atoms with Crippen molar-refractivity contribution in [3.05, 3.63) is 29.8 Å². The molecule has 0 bridgehead atoms. The van der Waals surface area contributed by atoms with Gasteiger partial charge < -0.3 is 16.1 Å². The van der Waals surface area contributed by atoms with Gasteiger partial charge in [-0.2, -0.15) is 0 Å². The number of carbonyl (C=O) groups is 2. The summed E-state index contributed by atoms with van der Waals surface area (Å²) in [7, 11) is 0. The average Bonchev–Trinajstić information content (AvgIpc) is 2.59. The molecule has 5 N–H and O–H groups in total. The van der Waals surface area contributed by atoms with Crippen LogP contribution in [0.15, 0.2) is 29.3 Å². The summed E-state index contributed by atoms with van der Waals surface area (Å²) in [6, 6.07) is 7.01. The number of nitrogens with one attached hydrogen (secondary N) is 3. The summed E-state index contributed by atoms with van der Waals surface area (Å²) < 4.78 is 0. The molecule has 0 spiro atoms. The van der Waals surface area contributed by atoms with E-state index < -0.39 is 0 Å². The maximum atomic E-state index is 12.1. The lowest BCUT2D eigenvalue weighted by molar-refractivity contribution is -0.121. The fourth-order valence-corrected chi connectivity index (χ4v) is 2.63. The Morgan fingerprint density at radius 3 is 2.78 bits per heavy atom. The van der Waals surface area contributed by atoms with Gasteiger partial charge in [-0.05, 0) is 31.0 Å². The lowest BCUT2D eigenvalue weighted by Crippen LogP contribution is -2.42. The van der Waals surface area contributed by atoms with Crippen molar-refractivity contribution in [1.82, 2.24) is 16.1 Å². The van der Waals surface area contributed by atoms with E-state index in [-0.39, 0.29) is 24.4 Å². The highest BCUT2D eigenvalue weighted by atomic mass is 16.2. The van der Waals surface area contributed by atoms with E-state index in [0.29, 0.717) is 11.3 Å². The normalized spacial score (nSPS) is 15.3. The van der Waals surface area contributed by atoms with Crippen molar-refractivity contribution in [3.63, 3.8) is 0 Å². The molecule has 1 aliphatic carbocycles. The van der Waals surface area contributed by atoms with Crippen LogP contribution in [-0.2, 0) is 4.79 Å². The summed E-state index contributed by atoms with van der Waals surface area (Å²) >= 11 is 0. The molecule has 23 heavy (non-hydrogen) atoms. The molecule has 7 heteroatoms. The van der Waals surface area contributed by atoms with Crippen LogP contribution in [0, 0.1) is 0 Å².